The summed E-state index contributed by atoms with van der Waals surface area (Å²) in [5, 5.41) is 3.03. The third-order valence-corrected chi connectivity index (χ3v) is 4.50. The third-order valence-electron chi connectivity index (χ3n) is 4.20. The molecule has 4 aromatic rings. The van der Waals surface area contributed by atoms with Gasteiger partial charge in [-0.2, -0.15) is 0 Å². The van der Waals surface area contributed by atoms with Gasteiger partial charge in [-0.25, -0.2) is 9.97 Å². The molecule has 0 atom stereocenters. The lowest BCUT2D eigenvalue weighted by atomic mass is 10.1. The van der Waals surface area contributed by atoms with Gasteiger partial charge in [-0.15, -0.1) is 0 Å². The Morgan fingerprint density at radius 2 is 1.96 bits per heavy atom. The minimum absolute atomic E-state index is 0.191. The van der Waals surface area contributed by atoms with Gasteiger partial charge in [0.25, 0.3) is 5.91 Å². The molecule has 0 saturated carbocycles. The number of carbonyl (C=O) groups is 1. The fourth-order valence-corrected chi connectivity index (χ4v) is 2.96. The highest BCUT2D eigenvalue weighted by molar-refractivity contribution is 6.32. The van der Waals surface area contributed by atoms with Gasteiger partial charge in [0, 0.05) is 18.3 Å². The summed E-state index contributed by atoms with van der Waals surface area (Å²) in [5.41, 5.74) is 4.94. The van der Waals surface area contributed by atoms with Gasteiger partial charge in [0.15, 0.2) is 5.58 Å². The number of nitrogens with one attached hydrogen (secondary N) is 1. The largest absolute Gasteiger partial charge is 0.436 e. The zero-order valence-electron chi connectivity index (χ0n) is 14.6. The number of amides is 1. The Bertz CT molecular complexity index is 1120. The van der Waals surface area contributed by atoms with Gasteiger partial charge in [-0.1, -0.05) is 29.8 Å². The number of nitrogens with zero attached hydrogens (tertiary/aromatic N) is 2. The smallest absolute Gasteiger partial charge is 0.254 e. The van der Waals surface area contributed by atoms with Crippen LogP contribution in [0.1, 0.15) is 21.5 Å². The van der Waals surface area contributed by atoms with E-state index in [4.69, 9.17) is 16.0 Å². The normalized spacial score (nSPS) is 10.9. The number of halogens is 1. The van der Waals surface area contributed by atoms with Gasteiger partial charge in [0.1, 0.15) is 10.7 Å². The molecule has 0 aliphatic carbocycles. The fraction of sp³-hybridized carbons (Fsp3) is 0.0952. The second-order valence-corrected chi connectivity index (χ2v) is 6.57. The molecule has 0 aliphatic rings. The monoisotopic (exact) mass is 377 g/mol. The molecule has 0 saturated heterocycles. The van der Waals surface area contributed by atoms with E-state index in [1.165, 1.54) is 0 Å². The summed E-state index contributed by atoms with van der Waals surface area (Å²) in [6.07, 6.45) is 1.55. The van der Waals surface area contributed by atoms with Crippen molar-refractivity contribution in [3.8, 4) is 11.5 Å². The van der Waals surface area contributed by atoms with E-state index in [1.807, 2.05) is 49.4 Å². The molecule has 27 heavy (non-hydrogen) atoms. The summed E-state index contributed by atoms with van der Waals surface area (Å²) in [6.45, 7) is 2.40. The van der Waals surface area contributed by atoms with Crippen LogP contribution in [-0.2, 0) is 6.54 Å². The fourth-order valence-electron chi connectivity index (χ4n) is 2.75. The molecule has 0 unspecified atom stereocenters. The van der Waals surface area contributed by atoms with E-state index < -0.39 is 0 Å². The number of pyridine rings is 1. The first kappa shape index (κ1) is 17.2. The van der Waals surface area contributed by atoms with Crippen LogP contribution in [0, 0.1) is 6.92 Å². The standard InChI is InChI=1S/C21H16ClN3O2/c1-13-4-9-17-18(11-13)27-21(25-17)15-7-5-14(6-8-15)12-24-20(26)16-3-2-10-23-19(16)22/h2-11H,12H2,1H3,(H,24,26). The number of oxazole rings is 1. The summed E-state index contributed by atoms with van der Waals surface area (Å²) < 4.78 is 5.84. The number of benzene rings is 2. The average molecular weight is 378 g/mol. The van der Waals surface area contributed by atoms with E-state index in [-0.39, 0.29) is 11.1 Å². The third kappa shape index (κ3) is 3.68. The molecule has 0 aliphatic heterocycles. The molecule has 134 valence electrons. The van der Waals surface area contributed by atoms with Gasteiger partial charge in [-0.3, -0.25) is 4.79 Å². The number of carbonyl (C=O) groups excluding carboxylic acids is 1. The first-order valence-corrected chi connectivity index (χ1v) is 8.83. The Morgan fingerprint density at radius 3 is 2.74 bits per heavy atom. The zero-order chi connectivity index (χ0) is 18.8. The number of aryl methyl sites for hydroxylation is 1. The second kappa shape index (κ2) is 7.21. The summed E-state index contributed by atoms with van der Waals surface area (Å²) in [7, 11) is 0. The quantitative estimate of drug-likeness (QED) is 0.519. The van der Waals surface area contributed by atoms with Gasteiger partial charge in [-0.05, 0) is 54.4 Å². The van der Waals surface area contributed by atoms with Crippen molar-refractivity contribution in [1.29, 1.82) is 0 Å². The van der Waals surface area contributed by atoms with Crippen LogP contribution in [0.25, 0.3) is 22.6 Å². The number of rotatable bonds is 4. The summed E-state index contributed by atoms with van der Waals surface area (Å²) in [4.78, 5) is 20.6. The average Bonchev–Trinajstić information content (AvgIpc) is 3.10. The molecule has 0 bridgehead atoms. The summed E-state index contributed by atoms with van der Waals surface area (Å²) in [6, 6.07) is 17.0. The maximum atomic E-state index is 12.2. The lowest BCUT2D eigenvalue weighted by molar-refractivity contribution is 0.0950. The van der Waals surface area contributed by atoms with Crippen LogP contribution >= 0.6 is 11.6 Å². The molecule has 4 rings (SSSR count). The van der Waals surface area contributed by atoms with Crippen LogP contribution < -0.4 is 5.32 Å². The highest BCUT2D eigenvalue weighted by atomic mass is 35.5. The lowest BCUT2D eigenvalue weighted by Crippen LogP contribution is -2.23. The van der Waals surface area contributed by atoms with Crippen molar-refractivity contribution < 1.29 is 9.21 Å². The van der Waals surface area contributed by atoms with E-state index in [2.05, 4.69) is 15.3 Å². The van der Waals surface area contributed by atoms with Crippen molar-refractivity contribution >= 4 is 28.6 Å². The molecule has 0 radical (unpaired) electrons. The Labute approximate surface area is 161 Å². The molecule has 6 heteroatoms. The van der Waals surface area contributed by atoms with E-state index >= 15 is 0 Å². The number of hydrogen-bond donors (Lipinski definition) is 1. The zero-order valence-corrected chi connectivity index (χ0v) is 15.3. The van der Waals surface area contributed by atoms with Gasteiger partial charge < -0.3 is 9.73 Å². The van der Waals surface area contributed by atoms with E-state index in [9.17, 15) is 4.79 Å². The predicted octanol–water partition coefficient (Wildman–Crippen LogP) is 4.78. The van der Waals surface area contributed by atoms with Crippen LogP contribution in [0.4, 0.5) is 0 Å². The minimum Gasteiger partial charge on any atom is -0.436 e. The van der Waals surface area contributed by atoms with Gasteiger partial charge in [0.2, 0.25) is 5.89 Å². The van der Waals surface area contributed by atoms with Crippen LogP contribution in [0.3, 0.4) is 0 Å². The molecule has 2 heterocycles. The van der Waals surface area contributed by atoms with Gasteiger partial charge in [0.05, 0.1) is 5.56 Å². The second-order valence-electron chi connectivity index (χ2n) is 6.21. The molecule has 0 fully saturated rings. The maximum absolute atomic E-state index is 12.2. The van der Waals surface area contributed by atoms with Crippen LogP contribution in [-0.4, -0.2) is 15.9 Å². The van der Waals surface area contributed by atoms with E-state index in [1.54, 1.807) is 18.3 Å². The predicted molar refractivity (Wildman–Crippen MR) is 105 cm³/mol. The van der Waals surface area contributed by atoms with Crippen LogP contribution in [0.5, 0.6) is 0 Å². The van der Waals surface area contributed by atoms with Crippen LogP contribution in [0.2, 0.25) is 5.15 Å². The molecular formula is C21H16ClN3O2. The Morgan fingerprint density at radius 1 is 1.15 bits per heavy atom. The molecule has 0 spiro atoms. The highest BCUT2D eigenvalue weighted by Gasteiger charge is 2.11. The minimum atomic E-state index is -0.258. The number of aromatic nitrogens is 2. The van der Waals surface area contributed by atoms with Crippen molar-refractivity contribution in [2.24, 2.45) is 0 Å². The Balaban J connectivity index is 1.47. The van der Waals surface area contributed by atoms with E-state index in [0.29, 0.717) is 18.0 Å². The first-order chi connectivity index (χ1) is 13.1. The molecule has 1 amide bonds. The number of fused-ring (bicyclic) bond motifs is 1. The molecular weight excluding hydrogens is 362 g/mol. The molecule has 2 aromatic heterocycles. The SMILES string of the molecule is Cc1ccc2nc(-c3ccc(CNC(=O)c4cccnc4Cl)cc3)oc2c1. The Kier molecular flexibility index (Phi) is 4.60. The maximum Gasteiger partial charge on any atom is 0.254 e. The lowest BCUT2D eigenvalue weighted by Gasteiger charge is -2.06. The van der Waals surface area contributed by atoms with Crippen LogP contribution in [0.15, 0.2) is 65.2 Å². The molecule has 2 aromatic carbocycles. The van der Waals surface area contributed by atoms with Gasteiger partial charge >= 0.3 is 0 Å². The van der Waals surface area contributed by atoms with Crippen molar-refractivity contribution in [2.45, 2.75) is 13.5 Å². The van der Waals surface area contributed by atoms with Crippen molar-refractivity contribution in [1.82, 2.24) is 15.3 Å². The molecule has 5 nitrogen and oxygen atoms in total. The first-order valence-electron chi connectivity index (χ1n) is 8.45. The molecule has 1 N–H and O–H groups in total. The Hall–Kier alpha value is -3.18. The van der Waals surface area contributed by atoms with Crippen molar-refractivity contribution in [2.75, 3.05) is 0 Å². The topological polar surface area (TPSA) is 68.0 Å². The highest BCUT2D eigenvalue weighted by Crippen LogP contribution is 2.25. The summed E-state index contributed by atoms with van der Waals surface area (Å²) in [5.74, 6) is 0.319. The van der Waals surface area contributed by atoms with E-state index in [0.717, 1.165) is 27.8 Å². The summed E-state index contributed by atoms with van der Waals surface area (Å²) >= 11 is 5.94. The van der Waals surface area contributed by atoms with Crippen molar-refractivity contribution in [3.63, 3.8) is 0 Å². The van der Waals surface area contributed by atoms with Crippen molar-refractivity contribution in [3.05, 3.63) is 82.6 Å². The number of hydrogen-bond acceptors (Lipinski definition) is 4.